The maximum Gasteiger partial charge on any atom is 0.277 e. The van der Waals surface area contributed by atoms with Crippen LogP contribution in [-0.4, -0.2) is 43.6 Å². The third kappa shape index (κ3) is 5.14. The first-order chi connectivity index (χ1) is 14.7. The van der Waals surface area contributed by atoms with Gasteiger partial charge < -0.3 is 18.9 Å². The number of hydrazone groups is 1. The highest BCUT2D eigenvalue weighted by Crippen LogP contribution is 2.45. The molecule has 158 valence electrons. The van der Waals surface area contributed by atoms with E-state index in [4.69, 9.17) is 18.9 Å². The molecule has 30 heavy (non-hydrogen) atoms. The van der Waals surface area contributed by atoms with E-state index in [0.717, 1.165) is 0 Å². The Balaban J connectivity index is 1.29. The Labute approximate surface area is 183 Å². The molecule has 2 aliphatic heterocycles. The molecule has 2 heterocycles. The van der Waals surface area contributed by atoms with Gasteiger partial charge in [0.1, 0.15) is 11.5 Å². The highest BCUT2D eigenvalue weighted by molar-refractivity contribution is 8.19. The number of hydrogen-bond donors (Lipinski definition) is 1. The van der Waals surface area contributed by atoms with E-state index in [2.05, 4.69) is 22.7 Å². The molecule has 2 aromatic carbocycles. The zero-order valence-electron chi connectivity index (χ0n) is 16.5. The number of carbonyl (C=O) groups excluding carboxylic acids is 1. The van der Waals surface area contributed by atoms with Crippen LogP contribution >= 0.6 is 23.5 Å². The molecule has 2 aliphatic rings. The van der Waals surface area contributed by atoms with E-state index in [1.807, 2.05) is 42.6 Å². The van der Waals surface area contributed by atoms with Gasteiger partial charge in [-0.2, -0.15) is 5.10 Å². The molecule has 4 rings (SSSR count). The molecule has 1 amide bonds. The zero-order chi connectivity index (χ0) is 20.8. The number of amides is 1. The summed E-state index contributed by atoms with van der Waals surface area (Å²) in [4.78, 5) is 12.0. The lowest BCUT2D eigenvalue weighted by Crippen LogP contribution is -2.24. The van der Waals surface area contributed by atoms with Gasteiger partial charge in [0.15, 0.2) is 18.1 Å². The van der Waals surface area contributed by atoms with Crippen molar-refractivity contribution in [2.45, 2.75) is 11.5 Å². The summed E-state index contributed by atoms with van der Waals surface area (Å²) < 4.78 is 22.4. The number of benzene rings is 2. The molecular formula is C21H22N2O5S2. The van der Waals surface area contributed by atoms with Gasteiger partial charge in [-0.25, -0.2) is 5.43 Å². The lowest BCUT2D eigenvalue weighted by Gasteiger charge is -2.10. The maximum atomic E-state index is 12.0. The molecule has 9 heteroatoms. The van der Waals surface area contributed by atoms with Crippen molar-refractivity contribution in [2.75, 3.05) is 31.5 Å². The van der Waals surface area contributed by atoms with Gasteiger partial charge in [-0.05, 0) is 30.7 Å². The molecule has 0 atom stereocenters. The average molecular weight is 447 g/mol. The number of hydrogen-bond acceptors (Lipinski definition) is 8. The Morgan fingerprint density at radius 1 is 1.17 bits per heavy atom. The molecule has 0 saturated carbocycles. The monoisotopic (exact) mass is 446 g/mol. The van der Waals surface area contributed by atoms with Crippen LogP contribution in [0.1, 0.15) is 22.6 Å². The van der Waals surface area contributed by atoms with Crippen molar-refractivity contribution in [3.63, 3.8) is 0 Å². The minimum absolute atomic E-state index is 0.122. The van der Waals surface area contributed by atoms with Crippen molar-refractivity contribution in [1.29, 1.82) is 0 Å². The van der Waals surface area contributed by atoms with Crippen molar-refractivity contribution in [2.24, 2.45) is 5.10 Å². The van der Waals surface area contributed by atoms with Crippen molar-refractivity contribution < 1.29 is 23.7 Å². The van der Waals surface area contributed by atoms with E-state index >= 15 is 0 Å². The number of ether oxygens (including phenoxy) is 4. The molecule has 0 radical (unpaired) electrons. The van der Waals surface area contributed by atoms with Gasteiger partial charge in [0.05, 0.1) is 17.4 Å². The fourth-order valence-electron chi connectivity index (χ4n) is 2.95. The molecule has 1 saturated heterocycles. The summed E-state index contributed by atoms with van der Waals surface area (Å²) in [5, 5.41) is 4.00. The van der Waals surface area contributed by atoms with Crippen LogP contribution in [0.4, 0.5) is 0 Å². The molecule has 1 N–H and O–H groups in total. The minimum Gasteiger partial charge on any atom is -0.493 e. The number of fused-ring (bicyclic) bond motifs is 1. The third-order valence-electron chi connectivity index (χ3n) is 4.34. The van der Waals surface area contributed by atoms with Crippen molar-refractivity contribution in [3.8, 4) is 23.0 Å². The second kappa shape index (κ2) is 9.99. The van der Waals surface area contributed by atoms with E-state index < -0.39 is 0 Å². The lowest BCUT2D eigenvalue weighted by atomic mass is 10.2. The molecule has 0 aliphatic carbocycles. The van der Waals surface area contributed by atoms with Crippen LogP contribution in [-0.2, 0) is 4.79 Å². The summed E-state index contributed by atoms with van der Waals surface area (Å²) in [7, 11) is 0. The minimum atomic E-state index is -0.351. The van der Waals surface area contributed by atoms with Crippen LogP contribution in [0.5, 0.6) is 23.0 Å². The Morgan fingerprint density at radius 2 is 1.90 bits per heavy atom. The van der Waals surface area contributed by atoms with Crippen molar-refractivity contribution in [3.05, 3.63) is 47.5 Å². The first kappa shape index (κ1) is 20.7. The topological polar surface area (TPSA) is 78.4 Å². The van der Waals surface area contributed by atoms with Gasteiger partial charge >= 0.3 is 0 Å². The quantitative estimate of drug-likeness (QED) is 0.488. The average Bonchev–Trinajstić information content (AvgIpc) is 3.45. The molecule has 0 unspecified atom stereocenters. The predicted molar refractivity (Wildman–Crippen MR) is 119 cm³/mol. The number of nitrogens with zero attached hydrogens (tertiary/aromatic N) is 1. The van der Waals surface area contributed by atoms with Crippen LogP contribution in [0.2, 0.25) is 0 Å². The van der Waals surface area contributed by atoms with Crippen molar-refractivity contribution >= 4 is 35.6 Å². The molecule has 0 aromatic heterocycles. The third-order valence-corrected chi connectivity index (χ3v) is 7.45. The van der Waals surface area contributed by atoms with Gasteiger partial charge in [-0.3, -0.25) is 4.79 Å². The number of nitrogens with one attached hydrogen (secondary N) is 1. The first-order valence-electron chi connectivity index (χ1n) is 9.57. The number of thioether (sulfide) groups is 2. The van der Waals surface area contributed by atoms with Crippen LogP contribution in [0.15, 0.2) is 41.5 Å². The largest absolute Gasteiger partial charge is 0.493 e. The molecule has 0 bridgehead atoms. The van der Waals surface area contributed by atoms with E-state index in [-0.39, 0.29) is 19.3 Å². The second-order valence-electron chi connectivity index (χ2n) is 6.40. The smallest absolute Gasteiger partial charge is 0.277 e. The summed E-state index contributed by atoms with van der Waals surface area (Å²) >= 11 is 3.91. The van der Waals surface area contributed by atoms with Crippen LogP contribution in [0, 0.1) is 0 Å². The fraction of sp³-hybridized carbons (Fsp3) is 0.333. The van der Waals surface area contributed by atoms with Crippen LogP contribution < -0.4 is 24.4 Å². The zero-order valence-corrected chi connectivity index (χ0v) is 18.1. The van der Waals surface area contributed by atoms with Crippen molar-refractivity contribution in [1.82, 2.24) is 5.43 Å². The summed E-state index contributed by atoms with van der Waals surface area (Å²) in [6, 6.07) is 11.4. The predicted octanol–water partition coefficient (Wildman–Crippen LogP) is 3.82. The van der Waals surface area contributed by atoms with Crippen LogP contribution in [0.3, 0.4) is 0 Å². The summed E-state index contributed by atoms with van der Waals surface area (Å²) in [5.74, 6) is 4.53. The van der Waals surface area contributed by atoms with Gasteiger partial charge in [0.25, 0.3) is 5.91 Å². The van der Waals surface area contributed by atoms with Gasteiger partial charge in [-0.1, -0.05) is 12.1 Å². The lowest BCUT2D eigenvalue weighted by molar-refractivity contribution is -0.123. The Kier molecular flexibility index (Phi) is 6.91. The number of rotatable bonds is 8. The summed E-state index contributed by atoms with van der Waals surface area (Å²) in [5.41, 5.74) is 4.42. The Morgan fingerprint density at radius 3 is 2.63 bits per heavy atom. The Bertz CT molecular complexity index is 914. The van der Waals surface area contributed by atoms with E-state index in [1.54, 1.807) is 12.1 Å². The normalized spacial score (nSPS) is 15.5. The second-order valence-corrected chi connectivity index (χ2v) is 9.13. The number of carbonyl (C=O) groups is 1. The summed E-state index contributed by atoms with van der Waals surface area (Å²) in [6.45, 7) is 2.44. The first-order valence-corrected chi connectivity index (χ1v) is 11.7. The van der Waals surface area contributed by atoms with Gasteiger partial charge in [0, 0.05) is 23.1 Å². The van der Waals surface area contributed by atoms with E-state index in [1.165, 1.54) is 23.3 Å². The molecule has 1 fully saturated rings. The van der Waals surface area contributed by atoms with E-state index in [9.17, 15) is 4.79 Å². The standard InChI is InChI=1S/C21H22N2O5S2/c1-2-25-17-10-19-18(27-13-28-19)9-15(17)11-22-23-20(24)12-26-16-5-3-14(4-6-16)21-29-7-8-30-21/h3-6,9-11,21H,2,7-8,12-13H2,1H3,(H,23,24)/b22-11-. The molecule has 7 nitrogen and oxygen atoms in total. The Hall–Kier alpha value is -2.52. The highest BCUT2D eigenvalue weighted by atomic mass is 32.2. The molecular weight excluding hydrogens is 424 g/mol. The van der Waals surface area contributed by atoms with Crippen LogP contribution in [0.25, 0.3) is 0 Å². The highest BCUT2D eigenvalue weighted by Gasteiger charge is 2.18. The molecule has 0 spiro atoms. The van der Waals surface area contributed by atoms with Gasteiger partial charge in [-0.15, -0.1) is 23.5 Å². The maximum absolute atomic E-state index is 12.0. The SMILES string of the molecule is CCOc1cc2c(cc1/C=N\NC(=O)COc1ccc(C3SCCS3)cc1)OCO2. The fourth-order valence-corrected chi connectivity index (χ4v) is 5.81. The van der Waals surface area contributed by atoms with E-state index in [0.29, 0.717) is 39.8 Å². The molecule has 2 aromatic rings. The summed E-state index contributed by atoms with van der Waals surface area (Å²) in [6.07, 6.45) is 1.51. The van der Waals surface area contributed by atoms with Gasteiger partial charge in [0.2, 0.25) is 6.79 Å².